The van der Waals surface area contributed by atoms with Gasteiger partial charge in [-0.3, -0.25) is 29.4 Å². The highest BCUT2D eigenvalue weighted by Crippen LogP contribution is 2.37. The van der Waals surface area contributed by atoms with Crippen molar-refractivity contribution < 1.29 is 28.3 Å². The number of carbonyl (C=O) groups excluding carboxylic acids is 4. The van der Waals surface area contributed by atoms with Crippen LogP contribution in [0.5, 0.6) is 0 Å². The Bertz CT molecular complexity index is 949. The second kappa shape index (κ2) is 8.44. The summed E-state index contributed by atoms with van der Waals surface area (Å²) in [7, 11) is 0. The van der Waals surface area contributed by atoms with Crippen LogP contribution in [-0.4, -0.2) is 51.9 Å². The number of nitrogens with zero attached hydrogens (tertiary/aromatic N) is 3. The molecule has 2 atom stereocenters. The largest absolute Gasteiger partial charge is 0.454 e. The fraction of sp³-hybridized carbons (Fsp3) is 0.400. The predicted molar refractivity (Wildman–Crippen MR) is 101 cm³/mol. The van der Waals surface area contributed by atoms with Gasteiger partial charge in [0, 0.05) is 5.56 Å². The second-order valence-electron chi connectivity index (χ2n) is 7.25. The molecule has 10 nitrogen and oxygen atoms in total. The fourth-order valence-corrected chi connectivity index (χ4v) is 3.83. The lowest BCUT2D eigenvalue weighted by atomic mass is 9.81. The van der Waals surface area contributed by atoms with E-state index < -0.39 is 25.0 Å². The van der Waals surface area contributed by atoms with Gasteiger partial charge in [0.1, 0.15) is 6.54 Å². The van der Waals surface area contributed by atoms with Gasteiger partial charge < -0.3 is 9.15 Å². The molecule has 30 heavy (non-hydrogen) atoms. The summed E-state index contributed by atoms with van der Waals surface area (Å²) >= 11 is 0. The van der Waals surface area contributed by atoms with Crippen LogP contribution >= 0.6 is 0 Å². The molecule has 1 aliphatic carbocycles. The average molecular weight is 412 g/mol. The molecule has 2 heterocycles. The maximum absolute atomic E-state index is 12.4. The number of fused-ring (bicyclic) bond motifs is 1. The first-order valence-electron chi connectivity index (χ1n) is 9.72. The molecule has 1 aromatic heterocycles. The van der Waals surface area contributed by atoms with E-state index in [2.05, 4.69) is 15.5 Å². The standard InChI is InChI=1S/C20H20N4O6/c25-15(21-20-23-22-17(30-20)12-6-2-1-3-7-12)11-29-16(26)10-24-18(27)13-8-4-5-9-14(13)19(24)28/h1-3,6-7,13-14H,4-5,8-11H2,(H,21,23,25)/t13-,14-/m0/s1. The molecule has 0 radical (unpaired) electrons. The highest BCUT2D eigenvalue weighted by atomic mass is 16.5. The lowest BCUT2D eigenvalue weighted by molar-refractivity contribution is -0.154. The van der Waals surface area contributed by atoms with E-state index in [1.54, 1.807) is 12.1 Å². The van der Waals surface area contributed by atoms with E-state index in [1.807, 2.05) is 18.2 Å². The van der Waals surface area contributed by atoms with Crippen LogP contribution in [0, 0.1) is 11.8 Å². The number of carbonyl (C=O) groups is 4. The number of anilines is 1. The number of ether oxygens (including phenoxy) is 1. The van der Waals surface area contributed by atoms with E-state index in [1.165, 1.54) is 0 Å². The molecule has 1 saturated heterocycles. The van der Waals surface area contributed by atoms with E-state index >= 15 is 0 Å². The van der Waals surface area contributed by atoms with Crippen LogP contribution in [0.15, 0.2) is 34.7 Å². The van der Waals surface area contributed by atoms with Crippen LogP contribution in [0.3, 0.4) is 0 Å². The number of esters is 1. The molecule has 2 aliphatic rings. The number of nitrogens with one attached hydrogen (secondary N) is 1. The Labute approximate surface area is 171 Å². The number of hydrogen-bond donors (Lipinski definition) is 1. The Morgan fingerprint density at radius 1 is 1.07 bits per heavy atom. The van der Waals surface area contributed by atoms with Gasteiger partial charge in [0.2, 0.25) is 17.7 Å². The molecule has 1 aromatic carbocycles. The topological polar surface area (TPSA) is 132 Å². The van der Waals surface area contributed by atoms with Gasteiger partial charge in [0.15, 0.2) is 6.61 Å². The zero-order chi connectivity index (χ0) is 21.1. The third-order valence-electron chi connectivity index (χ3n) is 5.28. The number of imide groups is 1. The number of rotatable bonds is 6. The summed E-state index contributed by atoms with van der Waals surface area (Å²) in [4.78, 5) is 49.7. The van der Waals surface area contributed by atoms with Crippen molar-refractivity contribution in [1.29, 1.82) is 0 Å². The molecule has 156 valence electrons. The molecular weight excluding hydrogens is 392 g/mol. The van der Waals surface area contributed by atoms with Crippen molar-refractivity contribution in [2.24, 2.45) is 11.8 Å². The minimum Gasteiger partial charge on any atom is -0.454 e. The van der Waals surface area contributed by atoms with Gasteiger partial charge in [-0.15, -0.1) is 5.10 Å². The molecule has 0 spiro atoms. The third-order valence-corrected chi connectivity index (χ3v) is 5.28. The van der Waals surface area contributed by atoms with E-state index in [-0.39, 0.29) is 35.6 Å². The first-order chi connectivity index (χ1) is 14.5. The Balaban J connectivity index is 1.26. The molecule has 2 aromatic rings. The quantitative estimate of drug-likeness (QED) is 0.556. The van der Waals surface area contributed by atoms with Gasteiger partial charge in [-0.2, -0.15) is 0 Å². The van der Waals surface area contributed by atoms with E-state index in [9.17, 15) is 19.2 Å². The molecule has 2 fully saturated rings. The predicted octanol–water partition coefficient (Wildman–Crippen LogP) is 1.39. The maximum Gasteiger partial charge on any atom is 0.326 e. The Kier molecular flexibility index (Phi) is 5.55. The normalized spacial score (nSPS) is 20.7. The minimum absolute atomic E-state index is 0.135. The average Bonchev–Trinajstić information content (AvgIpc) is 3.32. The number of benzene rings is 1. The summed E-state index contributed by atoms with van der Waals surface area (Å²) in [5.74, 6) is -2.61. The summed E-state index contributed by atoms with van der Waals surface area (Å²) in [5, 5.41) is 9.89. The zero-order valence-electron chi connectivity index (χ0n) is 16.1. The molecule has 1 saturated carbocycles. The maximum atomic E-state index is 12.4. The number of likely N-dealkylation sites (tertiary alicyclic amines) is 1. The molecule has 1 aliphatic heterocycles. The molecule has 10 heteroatoms. The van der Waals surface area contributed by atoms with Gasteiger partial charge in [-0.25, -0.2) is 0 Å². The van der Waals surface area contributed by atoms with Gasteiger partial charge in [-0.1, -0.05) is 36.1 Å². The first kappa shape index (κ1) is 19.7. The van der Waals surface area contributed by atoms with Crippen molar-refractivity contribution >= 4 is 29.7 Å². The molecule has 3 amide bonds. The second-order valence-corrected chi connectivity index (χ2v) is 7.25. The summed E-state index contributed by atoms with van der Waals surface area (Å²) in [6, 6.07) is 8.87. The van der Waals surface area contributed by atoms with Gasteiger partial charge >= 0.3 is 12.0 Å². The Morgan fingerprint density at radius 3 is 2.40 bits per heavy atom. The van der Waals surface area contributed by atoms with E-state index in [0.717, 1.165) is 17.7 Å². The van der Waals surface area contributed by atoms with Crippen molar-refractivity contribution in [3.05, 3.63) is 30.3 Å². The SMILES string of the molecule is O=C(COC(=O)CN1C(=O)[C@H]2CCCC[C@@H]2C1=O)Nc1nnc(-c2ccccc2)o1. The van der Waals surface area contributed by atoms with Crippen molar-refractivity contribution in [1.82, 2.24) is 15.1 Å². The number of aromatic nitrogens is 2. The van der Waals surface area contributed by atoms with E-state index in [0.29, 0.717) is 18.4 Å². The van der Waals surface area contributed by atoms with Crippen LogP contribution in [0.25, 0.3) is 11.5 Å². The van der Waals surface area contributed by atoms with Crippen LogP contribution in [0.1, 0.15) is 25.7 Å². The summed E-state index contributed by atoms with van der Waals surface area (Å²) in [6.07, 6.45) is 3.14. The Morgan fingerprint density at radius 2 is 1.73 bits per heavy atom. The zero-order valence-corrected chi connectivity index (χ0v) is 16.1. The third kappa shape index (κ3) is 4.07. The molecule has 0 unspecified atom stereocenters. The smallest absolute Gasteiger partial charge is 0.326 e. The lowest BCUT2D eigenvalue weighted by Crippen LogP contribution is -2.37. The monoisotopic (exact) mass is 412 g/mol. The van der Waals surface area contributed by atoms with Gasteiger partial charge in [0.05, 0.1) is 11.8 Å². The molecular formula is C20H20N4O6. The molecule has 0 bridgehead atoms. The summed E-state index contributed by atoms with van der Waals surface area (Å²) in [6.45, 7) is -1.10. The van der Waals surface area contributed by atoms with Crippen molar-refractivity contribution in [3.63, 3.8) is 0 Å². The first-order valence-corrected chi connectivity index (χ1v) is 9.72. The minimum atomic E-state index is -0.832. The number of amides is 3. The number of hydrogen-bond acceptors (Lipinski definition) is 8. The molecule has 1 N–H and O–H groups in total. The van der Waals surface area contributed by atoms with Crippen LogP contribution in [0.4, 0.5) is 6.01 Å². The van der Waals surface area contributed by atoms with Crippen molar-refractivity contribution in [2.75, 3.05) is 18.5 Å². The highest BCUT2D eigenvalue weighted by molar-refractivity contribution is 6.07. The van der Waals surface area contributed by atoms with Crippen molar-refractivity contribution in [3.8, 4) is 11.5 Å². The van der Waals surface area contributed by atoms with E-state index in [4.69, 9.17) is 9.15 Å². The van der Waals surface area contributed by atoms with Gasteiger partial charge in [-0.05, 0) is 25.0 Å². The van der Waals surface area contributed by atoms with Crippen LogP contribution in [0.2, 0.25) is 0 Å². The van der Waals surface area contributed by atoms with Crippen LogP contribution < -0.4 is 5.32 Å². The van der Waals surface area contributed by atoms with Gasteiger partial charge in [0.25, 0.3) is 5.91 Å². The fourth-order valence-electron chi connectivity index (χ4n) is 3.83. The van der Waals surface area contributed by atoms with Crippen LogP contribution in [-0.2, 0) is 23.9 Å². The summed E-state index contributed by atoms with van der Waals surface area (Å²) < 4.78 is 10.2. The summed E-state index contributed by atoms with van der Waals surface area (Å²) in [5.41, 5.74) is 0.692. The lowest BCUT2D eigenvalue weighted by Gasteiger charge is -2.19. The molecule has 4 rings (SSSR count). The Hall–Kier alpha value is -3.56. The highest BCUT2D eigenvalue weighted by Gasteiger charge is 2.48. The van der Waals surface area contributed by atoms with Crippen molar-refractivity contribution in [2.45, 2.75) is 25.7 Å².